The highest BCUT2D eigenvalue weighted by atomic mass is 32.1. The number of hydrogen-bond acceptors (Lipinski definition) is 6. The summed E-state index contributed by atoms with van der Waals surface area (Å²) in [5, 5.41) is 7.65. The van der Waals surface area contributed by atoms with Crippen LogP contribution in [0.25, 0.3) is 11.5 Å². The predicted molar refractivity (Wildman–Crippen MR) is 94.8 cm³/mol. The fraction of sp³-hybridized carbons (Fsp3) is 0.278. The molecule has 128 valence electrons. The van der Waals surface area contributed by atoms with Gasteiger partial charge in [0.1, 0.15) is 5.00 Å². The van der Waals surface area contributed by atoms with E-state index in [2.05, 4.69) is 15.5 Å². The molecule has 0 atom stereocenters. The summed E-state index contributed by atoms with van der Waals surface area (Å²) >= 11 is 1.51. The quantitative estimate of drug-likeness (QED) is 0.774. The third-order valence-electron chi connectivity index (χ3n) is 4.18. The normalized spacial score (nSPS) is 13.5. The van der Waals surface area contributed by atoms with Crippen molar-refractivity contribution in [1.29, 1.82) is 0 Å². The van der Waals surface area contributed by atoms with Crippen LogP contribution >= 0.6 is 11.3 Å². The molecule has 1 N–H and O–H groups in total. The molecular formula is C18H17N3O3S. The summed E-state index contributed by atoms with van der Waals surface area (Å²) in [5.74, 6) is 0.866. The van der Waals surface area contributed by atoms with Crippen molar-refractivity contribution in [2.24, 2.45) is 0 Å². The topological polar surface area (TPSA) is 77.2 Å². The zero-order chi connectivity index (χ0) is 17.4. The molecular weight excluding hydrogens is 338 g/mol. The van der Waals surface area contributed by atoms with Crippen LogP contribution in [0.5, 0.6) is 0 Å². The van der Waals surface area contributed by atoms with Crippen molar-refractivity contribution in [1.82, 2.24) is 10.1 Å². The van der Waals surface area contributed by atoms with E-state index < -0.39 is 0 Å². The largest absolute Gasteiger partial charge is 0.376 e. The highest BCUT2D eigenvalue weighted by molar-refractivity contribution is 7.17. The van der Waals surface area contributed by atoms with Gasteiger partial charge in [0.2, 0.25) is 0 Å². The van der Waals surface area contributed by atoms with E-state index in [0.29, 0.717) is 30.5 Å². The Morgan fingerprint density at radius 1 is 1.28 bits per heavy atom. The third kappa shape index (κ3) is 2.96. The lowest BCUT2D eigenvalue weighted by atomic mass is 10.1. The Balaban J connectivity index is 1.75. The van der Waals surface area contributed by atoms with E-state index in [1.54, 1.807) is 6.92 Å². The highest BCUT2D eigenvalue weighted by Crippen LogP contribution is 2.42. The first-order chi connectivity index (χ1) is 12.1. The number of amides is 1. The molecule has 3 aromatic rings. The number of nitrogens with zero attached hydrogens (tertiary/aromatic N) is 2. The average molecular weight is 355 g/mol. The molecule has 0 saturated heterocycles. The van der Waals surface area contributed by atoms with Crippen molar-refractivity contribution in [3.05, 3.63) is 51.7 Å². The highest BCUT2D eigenvalue weighted by Gasteiger charge is 2.27. The fourth-order valence-electron chi connectivity index (χ4n) is 2.94. The Labute approximate surface area is 148 Å². The SMILES string of the molecule is Cc1noc(-c2c(NC(=O)c3ccccc3C)sc3c2CCOC3)n1. The number of carbonyl (C=O) groups excluding carboxylic acids is 1. The van der Waals surface area contributed by atoms with Crippen LogP contribution in [0.2, 0.25) is 0 Å². The van der Waals surface area contributed by atoms with Crippen LogP contribution in [-0.4, -0.2) is 22.7 Å². The van der Waals surface area contributed by atoms with Crippen LogP contribution in [0.3, 0.4) is 0 Å². The maximum absolute atomic E-state index is 12.7. The predicted octanol–water partition coefficient (Wildman–Crippen LogP) is 3.74. The lowest BCUT2D eigenvalue weighted by Gasteiger charge is -2.12. The first-order valence-corrected chi connectivity index (χ1v) is 8.85. The van der Waals surface area contributed by atoms with Crippen molar-refractivity contribution < 1.29 is 14.1 Å². The molecule has 0 fully saturated rings. The second-order valence-electron chi connectivity index (χ2n) is 5.93. The number of nitrogens with one attached hydrogen (secondary N) is 1. The number of anilines is 1. The van der Waals surface area contributed by atoms with Gasteiger partial charge in [-0.05, 0) is 37.5 Å². The van der Waals surface area contributed by atoms with Gasteiger partial charge in [0.05, 0.1) is 18.8 Å². The van der Waals surface area contributed by atoms with E-state index in [0.717, 1.165) is 33.0 Å². The summed E-state index contributed by atoms with van der Waals surface area (Å²) in [4.78, 5) is 18.2. The Hall–Kier alpha value is -2.51. The molecule has 1 aliphatic heterocycles. The van der Waals surface area contributed by atoms with Crippen molar-refractivity contribution in [2.75, 3.05) is 11.9 Å². The number of carbonyl (C=O) groups is 1. The Morgan fingerprint density at radius 3 is 2.88 bits per heavy atom. The summed E-state index contributed by atoms with van der Waals surface area (Å²) in [6.07, 6.45) is 0.767. The van der Waals surface area contributed by atoms with Crippen molar-refractivity contribution in [3.8, 4) is 11.5 Å². The van der Waals surface area contributed by atoms with Crippen molar-refractivity contribution in [2.45, 2.75) is 26.9 Å². The summed E-state index contributed by atoms with van der Waals surface area (Å²) in [6, 6.07) is 7.51. The zero-order valence-corrected chi connectivity index (χ0v) is 14.8. The van der Waals surface area contributed by atoms with Gasteiger partial charge in [-0.2, -0.15) is 4.98 Å². The van der Waals surface area contributed by atoms with Gasteiger partial charge < -0.3 is 14.6 Å². The van der Waals surface area contributed by atoms with Crippen molar-refractivity contribution in [3.63, 3.8) is 0 Å². The molecule has 1 aromatic carbocycles. The molecule has 3 heterocycles. The fourth-order valence-corrected chi connectivity index (χ4v) is 4.12. The molecule has 0 spiro atoms. The maximum Gasteiger partial charge on any atom is 0.261 e. The standard InChI is InChI=1S/C18H17N3O3S/c1-10-5-3-4-6-12(10)16(22)20-18-15(17-19-11(2)21-24-17)13-7-8-23-9-14(13)25-18/h3-6H,7-9H2,1-2H3,(H,20,22). The lowest BCUT2D eigenvalue weighted by molar-refractivity contribution is 0.102. The third-order valence-corrected chi connectivity index (χ3v) is 5.30. The van der Waals surface area contributed by atoms with Gasteiger partial charge >= 0.3 is 0 Å². The molecule has 0 saturated carbocycles. The molecule has 6 nitrogen and oxygen atoms in total. The number of fused-ring (bicyclic) bond motifs is 1. The van der Waals surface area contributed by atoms with Gasteiger partial charge in [-0.1, -0.05) is 23.4 Å². The molecule has 0 radical (unpaired) electrons. The van der Waals surface area contributed by atoms with E-state index >= 15 is 0 Å². The Bertz CT molecular complexity index is 945. The number of aryl methyl sites for hydroxylation is 2. The molecule has 1 aliphatic rings. The molecule has 0 unspecified atom stereocenters. The molecule has 25 heavy (non-hydrogen) atoms. The van der Waals surface area contributed by atoms with Crippen LogP contribution in [-0.2, 0) is 17.8 Å². The number of ether oxygens (including phenoxy) is 1. The second kappa shape index (κ2) is 6.42. The van der Waals surface area contributed by atoms with Gasteiger partial charge in [-0.3, -0.25) is 4.79 Å². The summed E-state index contributed by atoms with van der Waals surface area (Å²) in [5.41, 5.74) is 3.53. The summed E-state index contributed by atoms with van der Waals surface area (Å²) < 4.78 is 10.9. The first kappa shape index (κ1) is 16.0. The minimum absolute atomic E-state index is 0.143. The minimum Gasteiger partial charge on any atom is -0.376 e. The first-order valence-electron chi connectivity index (χ1n) is 8.03. The van der Waals surface area contributed by atoms with E-state index in [1.165, 1.54) is 11.3 Å². The van der Waals surface area contributed by atoms with E-state index in [9.17, 15) is 4.79 Å². The second-order valence-corrected chi connectivity index (χ2v) is 7.03. The van der Waals surface area contributed by atoms with Crippen LogP contribution in [0.4, 0.5) is 5.00 Å². The summed E-state index contributed by atoms with van der Waals surface area (Å²) in [6.45, 7) is 4.89. The van der Waals surface area contributed by atoms with Crippen LogP contribution in [0.15, 0.2) is 28.8 Å². The van der Waals surface area contributed by atoms with Crippen LogP contribution < -0.4 is 5.32 Å². The molecule has 4 rings (SSSR count). The zero-order valence-electron chi connectivity index (χ0n) is 14.0. The molecule has 1 amide bonds. The number of thiophene rings is 1. The molecule has 0 aliphatic carbocycles. The Kier molecular flexibility index (Phi) is 4.10. The molecule has 7 heteroatoms. The maximum atomic E-state index is 12.7. The minimum atomic E-state index is -0.143. The number of rotatable bonds is 3. The molecule has 2 aromatic heterocycles. The van der Waals surface area contributed by atoms with Gasteiger partial charge in [0.25, 0.3) is 11.8 Å². The van der Waals surface area contributed by atoms with Gasteiger partial charge in [0.15, 0.2) is 5.82 Å². The lowest BCUT2D eigenvalue weighted by Crippen LogP contribution is -2.13. The monoisotopic (exact) mass is 355 g/mol. The van der Waals surface area contributed by atoms with E-state index in [4.69, 9.17) is 9.26 Å². The average Bonchev–Trinajstić information content (AvgIpc) is 3.17. The van der Waals surface area contributed by atoms with Crippen LogP contribution in [0, 0.1) is 13.8 Å². The van der Waals surface area contributed by atoms with Crippen molar-refractivity contribution >= 4 is 22.2 Å². The van der Waals surface area contributed by atoms with Gasteiger partial charge in [-0.15, -0.1) is 11.3 Å². The number of hydrogen-bond donors (Lipinski definition) is 1. The van der Waals surface area contributed by atoms with Gasteiger partial charge in [0, 0.05) is 10.4 Å². The Morgan fingerprint density at radius 2 is 2.12 bits per heavy atom. The van der Waals surface area contributed by atoms with E-state index in [1.807, 2.05) is 31.2 Å². The van der Waals surface area contributed by atoms with Crippen LogP contribution in [0.1, 0.15) is 32.2 Å². The van der Waals surface area contributed by atoms with E-state index in [-0.39, 0.29) is 5.91 Å². The smallest absolute Gasteiger partial charge is 0.261 e. The summed E-state index contributed by atoms with van der Waals surface area (Å²) in [7, 11) is 0. The number of aromatic nitrogens is 2. The van der Waals surface area contributed by atoms with Gasteiger partial charge in [-0.25, -0.2) is 0 Å². The number of benzene rings is 1. The molecule has 0 bridgehead atoms.